The first kappa shape index (κ1) is 12.9. The van der Waals surface area contributed by atoms with Gasteiger partial charge in [0.25, 0.3) is 0 Å². The van der Waals surface area contributed by atoms with Gasteiger partial charge in [0, 0.05) is 11.8 Å². The molecular weight excluding hydrogens is 248 g/mol. The fraction of sp³-hybridized carbons (Fsp3) is 0.462. The molecular formula is C13H18N2S2. The Balaban J connectivity index is 1.86. The fourth-order valence-corrected chi connectivity index (χ4v) is 3.95. The van der Waals surface area contributed by atoms with Crippen molar-refractivity contribution in [1.29, 1.82) is 0 Å². The highest BCUT2D eigenvalue weighted by Gasteiger charge is 2.05. The number of thioether (sulfide) groups is 1. The molecule has 0 amide bonds. The number of nitrogens with zero attached hydrogens (tertiary/aromatic N) is 1. The van der Waals surface area contributed by atoms with Gasteiger partial charge < -0.3 is 5.32 Å². The molecule has 0 fully saturated rings. The van der Waals surface area contributed by atoms with Crippen LogP contribution in [0.4, 0.5) is 0 Å². The Morgan fingerprint density at radius 2 is 2.24 bits per heavy atom. The molecule has 2 nitrogen and oxygen atoms in total. The lowest BCUT2D eigenvalue weighted by atomic mass is 10.3. The predicted octanol–water partition coefficient (Wildman–Crippen LogP) is 3.78. The Labute approximate surface area is 111 Å². The number of nitrogens with one attached hydrogen (secondary N) is 1. The number of fused-ring (bicyclic) bond motifs is 1. The highest BCUT2D eigenvalue weighted by molar-refractivity contribution is 8.01. The molecule has 0 saturated carbocycles. The Bertz CT molecular complexity index is 434. The zero-order chi connectivity index (χ0) is 12.1. The van der Waals surface area contributed by atoms with E-state index < -0.39 is 0 Å². The molecule has 0 aliphatic rings. The summed E-state index contributed by atoms with van der Waals surface area (Å²) in [6.07, 6.45) is 1.19. The maximum atomic E-state index is 4.62. The van der Waals surface area contributed by atoms with Gasteiger partial charge in [-0.1, -0.05) is 30.8 Å². The Morgan fingerprint density at radius 3 is 3.00 bits per heavy atom. The molecule has 2 aromatic rings. The predicted molar refractivity (Wildman–Crippen MR) is 78.1 cm³/mol. The highest BCUT2D eigenvalue weighted by Crippen LogP contribution is 2.29. The van der Waals surface area contributed by atoms with E-state index in [-0.39, 0.29) is 0 Å². The minimum Gasteiger partial charge on any atom is -0.315 e. The summed E-state index contributed by atoms with van der Waals surface area (Å²) in [5.41, 5.74) is 1.12. The Kier molecular flexibility index (Phi) is 4.83. The minimum absolute atomic E-state index is 0.599. The van der Waals surface area contributed by atoms with E-state index in [2.05, 4.69) is 42.3 Å². The van der Waals surface area contributed by atoms with Crippen LogP contribution in [0.2, 0.25) is 0 Å². The number of benzene rings is 1. The third-order valence-electron chi connectivity index (χ3n) is 2.60. The first-order valence-corrected chi connectivity index (χ1v) is 7.81. The van der Waals surface area contributed by atoms with Gasteiger partial charge in [-0.05, 0) is 32.0 Å². The van der Waals surface area contributed by atoms with Gasteiger partial charge >= 0.3 is 0 Å². The number of thiazole rings is 1. The van der Waals surface area contributed by atoms with Gasteiger partial charge in [0.15, 0.2) is 4.34 Å². The maximum absolute atomic E-state index is 4.62. The molecule has 0 radical (unpaired) electrons. The van der Waals surface area contributed by atoms with Crippen LogP contribution in [-0.4, -0.2) is 23.3 Å². The molecule has 1 aromatic carbocycles. The molecule has 1 N–H and O–H groups in total. The van der Waals surface area contributed by atoms with E-state index in [9.17, 15) is 0 Å². The molecule has 2 rings (SSSR count). The summed E-state index contributed by atoms with van der Waals surface area (Å²) in [4.78, 5) is 4.62. The van der Waals surface area contributed by atoms with Crippen molar-refractivity contribution in [2.24, 2.45) is 0 Å². The van der Waals surface area contributed by atoms with Crippen molar-refractivity contribution in [3.63, 3.8) is 0 Å². The second-order valence-corrected chi connectivity index (χ2v) is 6.42. The largest absolute Gasteiger partial charge is 0.315 e. The van der Waals surface area contributed by atoms with Crippen LogP contribution in [-0.2, 0) is 0 Å². The van der Waals surface area contributed by atoms with Crippen molar-refractivity contribution < 1.29 is 0 Å². The minimum atomic E-state index is 0.599. The van der Waals surface area contributed by atoms with E-state index in [1.54, 1.807) is 11.3 Å². The average Bonchev–Trinajstić information content (AvgIpc) is 2.71. The molecule has 0 bridgehead atoms. The van der Waals surface area contributed by atoms with Crippen molar-refractivity contribution in [2.75, 3.05) is 12.3 Å². The van der Waals surface area contributed by atoms with Crippen LogP contribution in [0.5, 0.6) is 0 Å². The van der Waals surface area contributed by atoms with Gasteiger partial charge in [-0.2, -0.15) is 0 Å². The molecule has 0 spiro atoms. The van der Waals surface area contributed by atoms with Gasteiger partial charge in [0.05, 0.1) is 10.2 Å². The van der Waals surface area contributed by atoms with Crippen LogP contribution in [0.3, 0.4) is 0 Å². The topological polar surface area (TPSA) is 24.9 Å². The van der Waals surface area contributed by atoms with Crippen molar-refractivity contribution in [1.82, 2.24) is 10.3 Å². The zero-order valence-corrected chi connectivity index (χ0v) is 11.9. The first-order valence-electron chi connectivity index (χ1n) is 6.01. The molecule has 1 heterocycles. The van der Waals surface area contributed by atoms with Crippen LogP contribution in [0.15, 0.2) is 28.6 Å². The quantitative estimate of drug-likeness (QED) is 0.806. The van der Waals surface area contributed by atoms with E-state index in [0.29, 0.717) is 6.04 Å². The van der Waals surface area contributed by atoms with Crippen LogP contribution in [0, 0.1) is 0 Å². The number of para-hydroxylation sites is 1. The standard InChI is InChI=1S/C13H18N2S2/c1-3-14-10(2)8-9-16-13-15-11-6-4-5-7-12(11)17-13/h4-7,10,14H,3,8-9H2,1-2H3. The van der Waals surface area contributed by atoms with Crippen LogP contribution in [0.25, 0.3) is 10.2 Å². The highest BCUT2D eigenvalue weighted by atomic mass is 32.2. The van der Waals surface area contributed by atoms with Gasteiger partial charge in [0.2, 0.25) is 0 Å². The first-order chi connectivity index (χ1) is 8.29. The smallest absolute Gasteiger partial charge is 0.151 e. The summed E-state index contributed by atoms with van der Waals surface area (Å²) in [5, 5.41) is 3.43. The fourth-order valence-electron chi connectivity index (χ4n) is 1.69. The lowest BCUT2D eigenvalue weighted by Gasteiger charge is -2.10. The molecule has 17 heavy (non-hydrogen) atoms. The molecule has 92 valence electrons. The van der Waals surface area contributed by atoms with E-state index in [1.165, 1.54) is 15.5 Å². The number of hydrogen-bond donors (Lipinski definition) is 1. The summed E-state index contributed by atoms with van der Waals surface area (Å²) in [5.74, 6) is 1.13. The van der Waals surface area contributed by atoms with Gasteiger partial charge in [-0.25, -0.2) is 4.98 Å². The van der Waals surface area contributed by atoms with Gasteiger partial charge in [0.1, 0.15) is 0 Å². The van der Waals surface area contributed by atoms with Crippen molar-refractivity contribution in [3.05, 3.63) is 24.3 Å². The number of aromatic nitrogens is 1. The van der Waals surface area contributed by atoms with Crippen LogP contribution < -0.4 is 5.32 Å². The second-order valence-electron chi connectivity index (χ2n) is 4.04. The van der Waals surface area contributed by atoms with Crippen LogP contribution in [0.1, 0.15) is 20.3 Å². The van der Waals surface area contributed by atoms with Gasteiger partial charge in [-0.3, -0.25) is 0 Å². The molecule has 4 heteroatoms. The molecule has 0 saturated heterocycles. The third-order valence-corrected chi connectivity index (χ3v) is 4.82. The summed E-state index contributed by atoms with van der Waals surface area (Å²) in [6, 6.07) is 8.93. The lowest BCUT2D eigenvalue weighted by molar-refractivity contribution is 0.556. The lowest BCUT2D eigenvalue weighted by Crippen LogP contribution is -2.25. The zero-order valence-electron chi connectivity index (χ0n) is 10.3. The van der Waals surface area contributed by atoms with Crippen molar-refractivity contribution in [3.8, 4) is 0 Å². The average molecular weight is 266 g/mol. The summed E-state index contributed by atoms with van der Waals surface area (Å²) >= 11 is 3.66. The Morgan fingerprint density at radius 1 is 1.41 bits per heavy atom. The Hall–Kier alpha value is -0.580. The van der Waals surface area contributed by atoms with Gasteiger partial charge in [-0.15, -0.1) is 11.3 Å². The third kappa shape index (κ3) is 3.69. The van der Waals surface area contributed by atoms with Crippen molar-refractivity contribution >= 4 is 33.3 Å². The van der Waals surface area contributed by atoms with E-state index in [4.69, 9.17) is 0 Å². The number of hydrogen-bond acceptors (Lipinski definition) is 4. The monoisotopic (exact) mass is 266 g/mol. The maximum Gasteiger partial charge on any atom is 0.151 e. The second kappa shape index (κ2) is 6.38. The van der Waals surface area contributed by atoms with Crippen molar-refractivity contribution in [2.45, 2.75) is 30.6 Å². The van der Waals surface area contributed by atoms with E-state index >= 15 is 0 Å². The molecule has 0 aliphatic heterocycles. The molecule has 0 aliphatic carbocycles. The molecule has 1 unspecified atom stereocenters. The summed E-state index contributed by atoms with van der Waals surface area (Å²) in [7, 11) is 0. The molecule has 1 atom stereocenters. The summed E-state index contributed by atoms with van der Waals surface area (Å²) < 4.78 is 2.48. The molecule has 1 aromatic heterocycles. The SMILES string of the molecule is CCNC(C)CCSc1nc2ccccc2s1. The van der Waals surface area contributed by atoms with Crippen LogP contribution >= 0.6 is 23.1 Å². The number of rotatable bonds is 6. The van der Waals surface area contributed by atoms with E-state index in [1.807, 2.05) is 17.8 Å². The summed E-state index contributed by atoms with van der Waals surface area (Å²) in [6.45, 7) is 5.44. The normalized spacial score (nSPS) is 13.1. The van der Waals surface area contributed by atoms with E-state index in [0.717, 1.165) is 17.8 Å².